The highest BCUT2D eigenvalue weighted by molar-refractivity contribution is 5.71. The first kappa shape index (κ1) is 71.8. The van der Waals surface area contributed by atoms with E-state index >= 15 is 0 Å². The van der Waals surface area contributed by atoms with Gasteiger partial charge in [-0.05, 0) is 116 Å². The third-order valence-electron chi connectivity index (χ3n) is 14.2. The summed E-state index contributed by atoms with van der Waals surface area (Å²) < 4.78 is 16.9. The molecule has 6 nitrogen and oxygen atoms in total. The topological polar surface area (TPSA) is 78.9 Å². The van der Waals surface area contributed by atoms with Crippen LogP contribution in [0.25, 0.3) is 0 Å². The van der Waals surface area contributed by atoms with Crippen molar-refractivity contribution >= 4 is 17.9 Å². The minimum atomic E-state index is -0.784. The van der Waals surface area contributed by atoms with Crippen molar-refractivity contribution in [3.8, 4) is 0 Å². The van der Waals surface area contributed by atoms with E-state index in [2.05, 4.69) is 93.7 Å². The van der Waals surface area contributed by atoms with Crippen molar-refractivity contribution in [1.29, 1.82) is 0 Å². The van der Waals surface area contributed by atoms with Crippen LogP contribution in [0.5, 0.6) is 0 Å². The average molecular weight is 1050 g/mol. The van der Waals surface area contributed by atoms with E-state index in [4.69, 9.17) is 14.2 Å². The molecule has 0 amide bonds. The van der Waals surface area contributed by atoms with Gasteiger partial charge in [0.25, 0.3) is 0 Å². The molecule has 0 aliphatic heterocycles. The first-order valence-corrected chi connectivity index (χ1v) is 32.4. The molecule has 0 aliphatic rings. The van der Waals surface area contributed by atoms with Gasteiger partial charge in [-0.25, -0.2) is 0 Å². The van der Waals surface area contributed by atoms with Gasteiger partial charge in [0.2, 0.25) is 0 Å². The minimum absolute atomic E-state index is 0.0807. The number of hydrogen-bond acceptors (Lipinski definition) is 6. The SMILES string of the molecule is CCCCC/C=C\CCCCCCCC(=O)OCC(COC(=O)CCCCCCCCCCCCCC/C=C\C/C=C\C/C=C\CCCCCCC)OC(=O)CCCCCCCCC/C=C\C/C=C\CCCCCC. The molecular formula is C69H122O6. The highest BCUT2D eigenvalue weighted by Gasteiger charge is 2.19. The Morgan fingerprint density at radius 3 is 0.800 bits per heavy atom. The van der Waals surface area contributed by atoms with E-state index in [1.54, 1.807) is 0 Å². The molecule has 1 unspecified atom stereocenters. The van der Waals surface area contributed by atoms with E-state index in [0.717, 1.165) is 89.9 Å². The van der Waals surface area contributed by atoms with Crippen LogP contribution >= 0.6 is 0 Å². The van der Waals surface area contributed by atoms with Crippen molar-refractivity contribution in [2.45, 2.75) is 335 Å². The molecule has 0 saturated carbocycles. The zero-order valence-corrected chi connectivity index (χ0v) is 49.8. The molecule has 434 valence electrons. The number of rotatable bonds is 59. The average Bonchev–Trinajstić information content (AvgIpc) is 3.41. The van der Waals surface area contributed by atoms with Gasteiger partial charge in [-0.2, -0.15) is 0 Å². The third-order valence-corrected chi connectivity index (χ3v) is 14.2. The predicted molar refractivity (Wildman–Crippen MR) is 325 cm³/mol. The fourth-order valence-corrected chi connectivity index (χ4v) is 9.24. The summed E-state index contributed by atoms with van der Waals surface area (Å²) in [6.45, 7) is 6.60. The first-order chi connectivity index (χ1) is 37.0. The summed E-state index contributed by atoms with van der Waals surface area (Å²) in [4.78, 5) is 38.3. The van der Waals surface area contributed by atoms with Crippen LogP contribution in [0.3, 0.4) is 0 Å². The molecule has 0 spiro atoms. The summed E-state index contributed by atoms with van der Waals surface area (Å²) in [5.41, 5.74) is 0. The largest absolute Gasteiger partial charge is 0.462 e. The number of esters is 3. The third kappa shape index (κ3) is 61.6. The number of unbranched alkanes of at least 4 members (excludes halogenated alkanes) is 36. The van der Waals surface area contributed by atoms with Gasteiger partial charge in [0.1, 0.15) is 13.2 Å². The Balaban J connectivity index is 4.27. The van der Waals surface area contributed by atoms with Crippen LogP contribution in [0.15, 0.2) is 72.9 Å². The van der Waals surface area contributed by atoms with Gasteiger partial charge in [0, 0.05) is 19.3 Å². The van der Waals surface area contributed by atoms with Crippen molar-refractivity contribution in [3.05, 3.63) is 72.9 Å². The lowest BCUT2D eigenvalue weighted by molar-refractivity contribution is -0.167. The van der Waals surface area contributed by atoms with Gasteiger partial charge < -0.3 is 14.2 Å². The molecule has 0 aromatic heterocycles. The smallest absolute Gasteiger partial charge is 0.306 e. The molecule has 0 radical (unpaired) electrons. The van der Waals surface area contributed by atoms with Gasteiger partial charge in [-0.1, -0.05) is 267 Å². The fourth-order valence-electron chi connectivity index (χ4n) is 9.24. The lowest BCUT2D eigenvalue weighted by Crippen LogP contribution is -2.30. The van der Waals surface area contributed by atoms with Crippen molar-refractivity contribution in [3.63, 3.8) is 0 Å². The molecule has 0 N–H and O–H groups in total. The van der Waals surface area contributed by atoms with E-state index in [0.29, 0.717) is 19.3 Å². The molecule has 1 atom stereocenters. The highest BCUT2D eigenvalue weighted by Crippen LogP contribution is 2.16. The summed E-state index contributed by atoms with van der Waals surface area (Å²) in [7, 11) is 0. The van der Waals surface area contributed by atoms with Gasteiger partial charge in [0.15, 0.2) is 6.10 Å². The van der Waals surface area contributed by atoms with Gasteiger partial charge in [-0.15, -0.1) is 0 Å². The molecule has 0 heterocycles. The first-order valence-electron chi connectivity index (χ1n) is 32.4. The molecule has 0 aromatic carbocycles. The van der Waals surface area contributed by atoms with E-state index in [-0.39, 0.29) is 31.1 Å². The van der Waals surface area contributed by atoms with Crippen LogP contribution in [0.2, 0.25) is 0 Å². The lowest BCUT2D eigenvalue weighted by atomic mass is 10.0. The molecule has 0 aromatic rings. The zero-order valence-electron chi connectivity index (χ0n) is 49.8. The number of carbonyl (C=O) groups is 3. The van der Waals surface area contributed by atoms with Crippen molar-refractivity contribution in [1.82, 2.24) is 0 Å². The van der Waals surface area contributed by atoms with E-state index in [9.17, 15) is 14.4 Å². The van der Waals surface area contributed by atoms with E-state index < -0.39 is 6.10 Å². The molecular weight excluding hydrogens is 925 g/mol. The normalized spacial score (nSPS) is 12.5. The Bertz CT molecular complexity index is 1390. The van der Waals surface area contributed by atoms with Crippen LogP contribution < -0.4 is 0 Å². The summed E-state index contributed by atoms with van der Waals surface area (Å²) in [5.74, 6) is -0.887. The molecule has 0 saturated heterocycles. The number of ether oxygens (including phenoxy) is 3. The second kappa shape index (κ2) is 63.4. The Hall–Kier alpha value is -3.15. The number of allylic oxidation sites excluding steroid dienone is 12. The quantitative estimate of drug-likeness (QED) is 0.0261. The Labute approximate surface area is 465 Å². The van der Waals surface area contributed by atoms with Crippen LogP contribution in [0.1, 0.15) is 329 Å². The molecule has 6 heteroatoms. The maximum absolute atomic E-state index is 12.9. The van der Waals surface area contributed by atoms with Crippen LogP contribution in [0, 0.1) is 0 Å². The second-order valence-electron chi connectivity index (χ2n) is 21.7. The van der Waals surface area contributed by atoms with Crippen LogP contribution in [-0.2, 0) is 28.6 Å². The van der Waals surface area contributed by atoms with E-state index in [1.807, 2.05) is 0 Å². The van der Waals surface area contributed by atoms with Crippen LogP contribution in [0.4, 0.5) is 0 Å². The fraction of sp³-hybridized carbons (Fsp3) is 0.783. The Kier molecular flexibility index (Phi) is 60.7. The van der Waals surface area contributed by atoms with Crippen molar-refractivity contribution in [2.75, 3.05) is 13.2 Å². The Morgan fingerprint density at radius 2 is 0.480 bits per heavy atom. The molecule has 0 bridgehead atoms. The van der Waals surface area contributed by atoms with Gasteiger partial charge in [-0.3, -0.25) is 14.4 Å². The molecule has 0 rings (SSSR count). The highest BCUT2D eigenvalue weighted by atomic mass is 16.6. The maximum Gasteiger partial charge on any atom is 0.306 e. The van der Waals surface area contributed by atoms with Crippen molar-refractivity contribution < 1.29 is 28.6 Å². The summed E-state index contributed by atoms with van der Waals surface area (Å²) in [6, 6.07) is 0. The molecule has 0 aliphatic carbocycles. The van der Waals surface area contributed by atoms with Crippen LogP contribution in [-0.4, -0.2) is 37.2 Å². The summed E-state index contributed by atoms with van der Waals surface area (Å²) in [5, 5.41) is 0. The standard InChI is InChI=1S/C69H122O6/c1-4-7-10-13-16-19-22-25-27-29-31-32-33-34-35-36-37-38-39-41-42-44-47-50-53-56-59-62-68(71)74-65-66(64-73-67(70)61-58-55-52-49-46-24-21-18-15-12-9-6-3)75-69(72)63-60-57-54-51-48-45-43-40-30-28-26-23-20-17-14-11-8-5-2/h18,20-23,25,28-31,33-34,66H,4-17,19,24,26-27,32,35-65H2,1-3H3/b21-18-,23-20-,25-22-,30-28-,31-29-,34-33-. The monoisotopic (exact) mass is 1050 g/mol. The zero-order chi connectivity index (χ0) is 54.3. The van der Waals surface area contributed by atoms with Crippen molar-refractivity contribution in [2.24, 2.45) is 0 Å². The predicted octanol–water partition coefficient (Wildman–Crippen LogP) is 22.1. The summed E-state index contributed by atoms with van der Waals surface area (Å²) >= 11 is 0. The Morgan fingerprint density at radius 1 is 0.267 bits per heavy atom. The number of carbonyl (C=O) groups excluding carboxylic acids is 3. The minimum Gasteiger partial charge on any atom is -0.462 e. The number of hydrogen-bond donors (Lipinski definition) is 0. The molecule has 75 heavy (non-hydrogen) atoms. The maximum atomic E-state index is 12.9. The van der Waals surface area contributed by atoms with Gasteiger partial charge in [0.05, 0.1) is 0 Å². The molecule has 0 fully saturated rings. The van der Waals surface area contributed by atoms with Gasteiger partial charge >= 0.3 is 17.9 Å². The lowest BCUT2D eigenvalue weighted by Gasteiger charge is -2.18. The van der Waals surface area contributed by atoms with E-state index in [1.165, 1.54) is 199 Å². The summed E-state index contributed by atoms with van der Waals surface area (Å²) in [6.07, 6.45) is 81.9. The second-order valence-corrected chi connectivity index (χ2v) is 21.7.